The molecule has 2 heterocycles. The molecule has 2 aliphatic rings. The summed E-state index contributed by atoms with van der Waals surface area (Å²) in [6.07, 6.45) is 5.35. The van der Waals surface area contributed by atoms with E-state index in [-0.39, 0.29) is 24.0 Å². The highest BCUT2D eigenvalue weighted by Crippen LogP contribution is 2.23. The molecule has 7 nitrogen and oxygen atoms in total. The highest BCUT2D eigenvalue weighted by Gasteiger charge is 2.22. The Morgan fingerprint density at radius 3 is 2.88 bits per heavy atom. The van der Waals surface area contributed by atoms with Crippen molar-refractivity contribution in [3.8, 4) is 6.07 Å². The van der Waals surface area contributed by atoms with Crippen LogP contribution in [0.5, 0.6) is 0 Å². The Hall–Kier alpha value is -1.57. The van der Waals surface area contributed by atoms with Gasteiger partial charge in [-0.1, -0.05) is 12.1 Å². The molecule has 0 aliphatic carbocycles. The Kier molecular flexibility index (Phi) is 12.8. The lowest BCUT2D eigenvalue weighted by Crippen LogP contribution is -2.51. The lowest BCUT2D eigenvalue weighted by molar-refractivity contribution is 0.0205. The summed E-state index contributed by atoms with van der Waals surface area (Å²) in [6, 6.07) is 10.5. The van der Waals surface area contributed by atoms with Crippen LogP contribution in [0.25, 0.3) is 0 Å². The third-order valence-corrected chi connectivity index (χ3v) is 5.88. The molecule has 0 bridgehead atoms. The van der Waals surface area contributed by atoms with Crippen molar-refractivity contribution >= 4 is 35.6 Å². The standard InChI is InChI=1S/C24H37N5O2.HI/c1-2-26-24(27-12-6-14-31-19-20-10-15-30-16-11-20)28-22-8-5-13-29(18-22)23-9-4-3-7-21(23)17-25;/h3-4,7,9,20,22H,2,5-6,8,10-16,18-19H2,1H3,(H2,26,27,28);1H. The van der Waals surface area contributed by atoms with E-state index in [1.54, 1.807) is 0 Å². The molecule has 2 fully saturated rings. The van der Waals surface area contributed by atoms with E-state index in [9.17, 15) is 5.26 Å². The van der Waals surface area contributed by atoms with Gasteiger partial charge in [-0.3, -0.25) is 4.99 Å². The van der Waals surface area contributed by atoms with Gasteiger partial charge < -0.3 is 25.0 Å². The number of nitriles is 1. The molecule has 0 amide bonds. The highest BCUT2D eigenvalue weighted by molar-refractivity contribution is 14.0. The van der Waals surface area contributed by atoms with Crippen LogP contribution in [0, 0.1) is 17.2 Å². The van der Waals surface area contributed by atoms with Crippen LogP contribution < -0.4 is 15.5 Å². The number of anilines is 1. The molecule has 1 aromatic carbocycles. The predicted molar refractivity (Wildman–Crippen MR) is 140 cm³/mol. The molecule has 0 radical (unpaired) electrons. The number of piperidine rings is 1. The van der Waals surface area contributed by atoms with Crippen LogP contribution in [0.15, 0.2) is 29.3 Å². The van der Waals surface area contributed by atoms with Gasteiger partial charge in [-0.15, -0.1) is 24.0 Å². The van der Waals surface area contributed by atoms with Crippen LogP contribution in [0.3, 0.4) is 0 Å². The third-order valence-electron chi connectivity index (χ3n) is 5.88. The molecule has 32 heavy (non-hydrogen) atoms. The SMILES string of the molecule is CCNC(=NCCCOCC1CCOCC1)NC1CCCN(c2ccccc2C#N)C1.I. The number of para-hydroxylation sites is 1. The van der Waals surface area contributed by atoms with Crippen molar-refractivity contribution in [2.24, 2.45) is 10.9 Å². The number of aliphatic imine (C=N–C) groups is 1. The van der Waals surface area contributed by atoms with Crippen molar-refractivity contribution in [3.63, 3.8) is 0 Å². The molecule has 2 N–H and O–H groups in total. The summed E-state index contributed by atoms with van der Waals surface area (Å²) in [6.45, 7) is 8.86. The zero-order valence-electron chi connectivity index (χ0n) is 19.2. The fourth-order valence-corrected chi connectivity index (χ4v) is 4.19. The van der Waals surface area contributed by atoms with Gasteiger partial charge in [-0.05, 0) is 57.1 Å². The minimum atomic E-state index is 0. The topological polar surface area (TPSA) is 81.9 Å². The Morgan fingerprint density at radius 1 is 1.28 bits per heavy atom. The van der Waals surface area contributed by atoms with Crippen molar-refractivity contribution in [1.29, 1.82) is 5.26 Å². The van der Waals surface area contributed by atoms with E-state index in [4.69, 9.17) is 14.5 Å². The summed E-state index contributed by atoms with van der Waals surface area (Å²) in [5, 5.41) is 16.4. The van der Waals surface area contributed by atoms with Gasteiger partial charge in [0.1, 0.15) is 6.07 Å². The molecule has 1 atom stereocenters. The average molecular weight is 556 g/mol. The van der Waals surface area contributed by atoms with E-state index in [1.807, 2.05) is 24.3 Å². The van der Waals surface area contributed by atoms with Gasteiger partial charge in [0, 0.05) is 58.6 Å². The number of guanidine groups is 1. The highest BCUT2D eigenvalue weighted by atomic mass is 127. The Morgan fingerprint density at radius 2 is 2.09 bits per heavy atom. The number of halogens is 1. The van der Waals surface area contributed by atoms with Crippen molar-refractivity contribution in [1.82, 2.24) is 10.6 Å². The second kappa shape index (κ2) is 15.3. The first-order chi connectivity index (χ1) is 15.3. The lowest BCUT2D eigenvalue weighted by Gasteiger charge is -2.35. The number of nitrogens with zero attached hydrogens (tertiary/aromatic N) is 3. The van der Waals surface area contributed by atoms with Crippen LogP contribution in [0.4, 0.5) is 5.69 Å². The maximum absolute atomic E-state index is 9.43. The first-order valence-corrected chi connectivity index (χ1v) is 11.7. The predicted octanol–water partition coefficient (Wildman–Crippen LogP) is 3.53. The average Bonchev–Trinajstić information content (AvgIpc) is 2.82. The first-order valence-electron chi connectivity index (χ1n) is 11.7. The summed E-state index contributed by atoms with van der Waals surface area (Å²) >= 11 is 0. The lowest BCUT2D eigenvalue weighted by atomic mass is 10.0. The molecule has 0 aromatic heterocycles. The van der Waals surface area contributed by atoms with Crippen LogP contribution >= 0.6 is 24.0 Å². The van der Waals surface area contributed by atoms with Crippen LogP contribution in [-0.4, -0.2) is 64.6 Å². The molecular weight excluding hydrogens is 517 g/mol. The molecule has 8 heteroatoms. The number of ether oxygens (including phenoxy) is 2. The molecule has 2 aliphatic heterocycles. The van der Waals surface area contributed by atoms with Gasteiger partial charge in [0.2, 0.25) is 0 Å². The molecule has 1 aromatic rings. The number of nitrogens with one attached hydrogen (secondary N) is 2. The smallest absolute Gasteiger partial charge is 0.191 e. The molecular formula is C24H38IN5O2. The summed E-state index contributed by atoms with van der Waals surface area (Å²) in [5.74, 6) is 1.52. The maximum Gasteiger partial charge on any atom is 0.191 e. The van der Waals surface area contributed by atoms with Gasteiger partial charge >= 0.3 is 0 Å². The van der Waals surface area contributed by atoms with Crippen molar-refractivity contribution in [2.45, 2.75) is 45.1 Å². The monoisotopic (exact) mass is 555 g/mol. The van der Waals surface area contributed by atoms with Gasteiger partial charge in [-0.2, -0.15) is 5.26 Å². The van der Waals surface area contributed by atoms with Gasteiger partial charge in [0.25, 0.3) is 0 Å². The van der Waals surface area contributed by atoms with Crippen LogP contribution in [-0.2, 0) is 9.47 Å². The van der Waals surface area contributed by atoms with E-state index in [2.05, 4.69) is 28.5 Å². The molecule has 1 unspecified atom stereocenters. The molecule has 3 rings (SSSR count). The van der Waals surface area contributed by atoms with Crippen LogP contribution in [0.1, 0.15) is 44.6 Å². The van der Waals surface area contributed by atoms with E-state index >= 15 is 0 Å². The molecule has 2 saturated heterocycles. The minimum Gasteiger partial charge on any atom is -0.381 e. The maximum atomic E-state index is 9.43. The van der Waals surface area contributed by atoms with Crippen molar-refractivity contribution in [2.75, 3.05) is 57.5 Å². The van der Waals surface area contributed by atoms with E-state index in [0.717, 1.165) is 102 Å². The second-order valence-electron chi connectivity index (χ2n) is 8.30. The summed E-state index contributed by atoms with van der Waals surface area (Å²) in [5.41, 5.74) is 1.77. The van der Waals surface area contributed by atoms with E-state index in [0.29, 0.717) is 12.0 Å². The minimum absolute atomic E-state index is 0. The summed E-state index contributed by atoms with van der Waals surface area (Å²) in [7, 11) is 0. The second-order valence-corrected chi connectivity index (χ2v) is 8.30. The number of hydrogen-bond donors (Lipinski definition) is 2. The molecule has 0 spiro atoms. The fraction of sp³-hybridized carbons (Fsp3) is 0.667. The Balaban J connectivity index is 0.00000363. The zero-order valence-corrected chi connectivity index (χ0v) is 21.6. The molecule has 178 valence electrons. The largest absolute Gasteiger partial charge is 0.381 e. The number of rotatable bonds is 9. The quantitative estimate of drug-likeness (QED) is 0.210. The van der Waals surface area contributed by atoms with Crippen LogP contribution in [0.2, 0.25) is 0 Å². The Bertz CT molecular complexity index is 733. The fourth-order valence-electron chi connectivity index (χ4n) is 4.19. The van der Waals surface area contributed by atoms with Crippen molar-refractivity contribution in [3.05, 3.63) is 29.8 Å². The van der Waals surface area contributed by atoms with Gasteiger partial charge in [0.15, 0.2) is 5.96 Å². The van der Waals surface area contributed by atoms with E-state index < -0.39 is 0 Å². The summed E-state index contributed by atoms with van der Waals surface area (Å²) < 4.78 is 11.2. The first kappa shape index (κ1) is 26.7. The number of benzene rings is 1. The molecule has 0 saturated carbocycles. The zero-order chi connectivity index (χ0) is 21.7. The van der Waals surface area contributed by atoms with Gasteiger partial charge in [-0.25, -0.2) is 0 Å². The van der Waals surface area contributed by atoms with Crippen molar-refractivity contribution < 1.29 is 9.47 Å². The number of hydrogen-bond acceptors (Lipinski definition) is 5. The third kappa shape index (κ3) is 8.75. The normalized spacial score (nSPS) is 19.7. The van der Waals surface area contributed by atoms with Gasteiger partial charge in [0.05, 0.1) is 11.3 Å². The van der Waals surface area contributed by atoms with E-state index in [1.165, 1.54) is 0 Å². The Labute approximate surface area is 210 Å². The summed E-state index contributed by atoms with van der Waals surface area (Å²) in [4.78, 5) is 7.06.